The van der Waals surface area contributed by atoms with Gasteiger partial charge in [0.25, 0.3) is 0 Å². The fourth-order valence-corrected chi connectivity index (χ4v) is 1.61. The minimum atomic E-state index is -0.646. The molecular weight excluding hydrogens is 242 g/mol. The van der Waals surface area contributed by atoms with Crippen molar-refractivity contribution in [3.8, 4) is 5.75 Å². The lowest BCUT2D eigenvalue weighted by Gasteiger charge is -2.21. The van der Waals surface area contributed by atoms with Gasteiger partial charge in [0.15, 0.2) is 0 Å². The fourth-order valence-electron chi connectivity index (χ4n) is 1.61. The van der Waals surface area contributed by atoms with Crippen molar-refractivity contribution in [3.63, 3.8) is 0 Å². The monoisotopic (exact) mass is 265 g/mol. The van der Waals surface area contributed by atoms with E-state index in [0.29, 0.717) is 6.61 Å². The number of hydrogen-bond acceptors (Lipinski definition) is 4. The van der Waals surface area contributed by atoms with E-state index in [1.165, 1.54) is 7.11 Å². The standard InChI is InChI=1S/C15H23NO3/c1-5-16-10-12-7-6-8-13(9-12)19-11-15(2,3)14(17)18-4/h6-9,16H,5,10-11H2,1-4H3. The third kappa shape index (κ3) is 4.91. The average molecular weight is 265 g/mol. The summed E-state index contributed by atoms with van der Waals surface area (Å²) in [6.45, 7) is 7.72. The smallest absolute Gasteiger partial charge is 0.314 e. The lowest BCUT2D eigenvalue weighted by Crippen LogP contribution is -2.32. The molecule has 0 amide bonds. The van der Waals surface area contributed by atoms with Crippen LogP contribution in [0.25, 0.3) is 0 Å². The first-order valence-corrected chi connectivity index (χ1v) is 6.50. The minimum absolute atomic E-state index is 0.267. The summed E-state index contributed by atoms with van der Waals surface area (Å²) in [4.78, 5) is 11.6. The Hall–Kier alpha value is -1.55. The van der Waals surface area contributed by atoms with Gasteiger partial charge in [0.2, 0.25) is 0 Å². The molecule has 0 unspecified atom stereocenters. The van der Waals surface area contributed by atoms with Gasteiger partial charge in [-0.25, -0.2) is 0 Å². The highest BCUT2D eigenvalue weighted by atomic mass is 16.5. The molecule has 4 heteroatoms. The Labute approximate surface area is 115 Å². The average Bonchev–Trinajstić information content (AvgIpc) is 2.42. The summed E-state index contributed by atoms with van der Waals surface area (Å²) in [5, 5.41) is 3.26. The first-order chi connectivity index (χ1) is 8.99. The number of nitrogens with one attached hydrogen (secondary N) is 1. The zero-order chi connectivity index (χ0) is 14.3. The molecule has 4 nitrogen and oxygen atoms in total. The van der Waals surface area contributed by atoms with Crippen LogP contribution in [-0.2, 0) is 16.1 Å². The third-order valence-corrected chi connectivity index (χ3v) is 2.82. The maximum atomic E-state index is 11.6. The Kier molecular flexibility index (Phi) is 5.83. The third-order valence-electron chi connectivity index (χ3n) is 2.82. The molecule has 0 saturated heterocycles. The number of methoxy groups -OCH3 is 1. The van der Waals surface area contributed by atoms with Gasteiger partial charge in [0, 0.05) is 6.54 Å². The van der Waals surface area contributed by atoms with Crippen LogP contribution in [0.3, 0.4) is 0 Å². The molecule has 0 heterocycles. The maximum Gasteiger partial charge on any atom is 0.314 e. The van der Waals surface area contributed by atoms with Crippen molar-refractivity contribution in [2.45, 2.75) is 27.3 Å². The summed E-state index contributed by atoms with van der Waals surface area (Å²) in [7, 11) is 1.39. The van der Waals surface area contributed by atoms with Crippen LogP contribution >= 0.6 is 0 Å². The van der Waals surface area contributed by atoms with Crippen molar-refractivity contribution in [2.75, 3.05) is 20.3 Å². The molecule has 0 radical (unpaired) electrons. The zero-order valence-corrected chi connectivity index (χ0v) is 12.2. The van der Waals surface area contributed by atoms with Crippen molar-refractivity contribution in [2.24, 2.45) is 5.41 Å². The number of benzene rings is 1. The second kappa shape index (κ2) is 7.14. The maximum absolute atomic E-state index is 11.6. The van der Waals surface area contributed by atoms with Gasteiger partial charge >= 0.3 is 5.97 Å². The van der Waals surface area contributed by atoms with Crippen LogP contribution in [0.1, 0.15) is 26.3 Å². The number of hydrogen-bond donors (Lipinski definition) is 1. The number of ether oxygens (including phenoxy) is 2. The molecule has 1 aromatic carbocycles. The van der Waals surface area contributed by atoms with Gasteiger partial charge in [-0.1, -0.05) is 19.1 Å². The fraction of sp³-hybridized carbons (Fsp3) is 0.533. The second-order valence-corrected chi connectivity index (χ2v) is 5.09. The molecule has 0 bridgehead atoms. The number of esters is 1. The van der Waals surface area contributed by atoms with E-state index in [2.05, 4.69) is 12.2 Å². The van der Waals surface area contributed by atoms with Crippen LogP contribution in [0.4, 0.5) is 0 Å². The quantitative estimate of drug-likeness (QED) is 0.769. The van der Waals surface area contributed by atoms with E-state index in [4.69, 9.17) is 9.47 Å². The van der Waals surface area contributed by atoms with Crippen molar-refractivity contribution >= 4 is 5.97 Å². The number of carbonyl (C=O) groups excluding carboxylic acids is 1. The molecule has 106 valence electrons. The van der Waals surface area contributed by atoms with Crippen LogP contribution < -0.4 is 10.1 Å². The molecule has 0 saturated carbocycles. The van der Waals surface area contributed by atoms with Gasteiger partial charge in [-0.3, -0.25) is 4.79 Å². The molecule has 0 aromatic heterocycles. The van der Waals surface area contributed by atoms with Crippen LogP contribution in [0.2, 0.25) is 0 Å². The van der Waals surface area contributed by atoms with Crippen molar-refractivity contribution in [3.05, 3.63) is 29.8 Å². The van der Waals surface area contributed by atoms with Gasteiger partial charge in [-0.15, -0.1) is 0 Å². The summed E-state index contributed by atoms with van der Waals surface area (Å²) in [6.07, 6.45) is 0. The lowest BCUT2D eigenvalue weighted by molar-refractivity contribution is -0.152. The Balaban J connectivity index is 2.60. The van der Waals surface area contributed by atoms with Gasteiger partial charge in [0.1, 0.15) is 12.4 Å². The predicted octanol–water partition coefficient (Wildman–Crippen LogP) is 2.37. The molecule has 1 N–H and O–H groups in total. The summed E-state index contributed by atoms with van der Waals surface area (Å²) < 4.78 is 10.4. The molecule has 1 aromatic rings. The van der Waals surface area contributed by atoms with Gasteiger partial charge < -0.3 is 14.8 Å². The van der Waals surface area contributed by atoms with E-state index in [1.54, 1.807) is 13.8 Å². The lowest BCUT2D eigenvalue weighted by atomic mass is 9.95. The highest BCUT2D eigenvalue weighted by Crippen LogP contribution is 2.21. The largest absolute Gasteiger partial charge is 0.492 e. The molecule has 0 fully saturated rings. The molecule has 19 heavy (non-hydrogen) atoms. The molecule has 0 spiro atoms. The molecule has 0 aliphatic rings. The Morgan fingerprint density at radius 2 is 2.11 bits per heavy atom. The van der Waals surface area contributed by atoms with Crippen LogP contribution in [0.5, 0.6) is 5.75 Å². The van der Waals surface area contributed by atoms with Crippen molar-refractivity contribution in [1.29, 1.82) is 0 Å². The highest BCUT2D eigenvalue weighted by molar-refractivity contribution is 5.75. The molecule has 0 aliphatic heterocycles. The van der Waals surface area contributed by atoms with E-state index in [1.807, 2.05) is 24.3 Å². The molecular formula is C15H23NO3. The zero-order valence-electron chi connectivity index (χ0n) is 12.2. The molecule has 0 atom stereocenters. The normalized spacial score (nSPS) is 11.2. The summed E-state index contributed by atoms with van der Waals surface area (Å²) in [5.41, 5.74) is 0.516. The van der Waals surface area contributed by atoms with E-state index in [-0.39, 0.29) is 5.97 Å². The van der Waals surface area contributed by atoms with E-state index in [9.17, 15) is 4.79 Å². The first-order valence-electron chi connectivity index (χ1n) is 6.50. The van der Waals surface area contributed by atoms with Gasteiger partial charge in [0.05, 0.1) is 12.5 Å². The first kappa shape index (κ1) is 15.5. The number of carbonyl (C=O) groups is 1. The van der Waals surface area contributed by atoms with E-state index in [0.717, 1.165) is 24.4 Å². The molecule has 0 aliphatic carbocycles. The van der Waals surface area contributed by atoms with E-state index >= 15 is 0 Å². The Morgan fingerprint density at radius 3 is 2.74 bits per heavy atom. The SMILES string of the molecule is CCNCc1cccc(OCC(C)(C)C(=O)OC)c1. The highest BCUT2D eigenvalue weighted by Gasteiger charge is 2.29. The van der Waals surface area contributed by atoms with Crippen molar-refractivity contribution in [1.82, 2.24) is 5.32 Å². The Bertz CT molecular complexity index is 416. The van der Waals surface area contributed by atoms with Crippen LogP contribution in [0, 0.1) is 5.41 Å². The summed E-state index contributed by atoms with van der Waals surface area (Å²) >= 11 is 0. The predicted molar refractivity (Wildman–Crippen MR) is 75.1 cm³/mol. The van der Waals surface area contributed by atoms with E-state index < -0.39 is 5.41 Å². The Morgan fingerprint density at radius 1 is 1.37 bits per heavy atom. The van der Waals surface area contributed by atoms with Crippen LogP contribution in [-0.4, -0.2) is 26.2 Å². The van der Waals surface area contributed by atoms with Gasteiger partial charge in [-0.05, 0) is 38.1 Å². The van der Waals surface area contributed by atoms with Crippen molar-refractivity contribution < 1.29 is 14.3 Å². The van der Waals surface area contributed by atoms with Crippen LogP contribution in [0.15, 0.2) is 24.3 Å². The topological polar surface area (TPSA) is 47.6 Å². The number of rotatable bonds is 7. The van der Waals surface area contributed by atoms with Gasteiger partial charge in [-0.2, -0.15) is 0 Å². The summed E-state index contributed by atoms with van der Waals surface area (Å²) in [5.74, 6) is 0.503. The minimum Gasteiger partial charge on any atom is -0.492 e. The summed E-state index contributed by atoms with van der Waals surface area (Å²) in [6, 6.07) is 7.87. The molecule has 1 rings (SSSR count). The second-order valence-electron chi connectivity index (χ2n) is 5.09.